The highest BCUT2D eigenvalue weighted by Gasteiger charge is 2.24. The second-order valence-corrected chi connectivity index (χ2v) is 7.28. The van der Waals surface area contributed by atoms with Gasteiger partial charge in [-0.05, 0) is 30.7 Å². The number of carbonyl (C=O) groups is 3. The Bertz CT molecular complexity index is 1300. The van der Waals surface area contributed by atoms with E-state index in [9.17, 15) is 19.2 Å². The van der Waals surface area contributed by atoms with Crippen LogP contribution in [0, 0.1) is 0 Å². The summed E-state index contributed by atoms with van der Waals surface area (Å²) in [6.07, 6.45) is 1.34. The van der Waals surface area contributed by atoms with Gasteiger partial charge in [-0.25, -0.2) is 14.8 Å². The molecule has 0 saturated carbocycles. The van der Waals surface area contributed by atoms with Gasteiger partial charge >= 0.3 is 17.5 Å². The first kappa shape index (κ1) is 26.0. The van der Waals surface area contributed by atoms with E-state index >= 15 is 0 Å². The Kier molecular flexibility index (Phi) is 8.79. The normalized spacial score (nSPS) is 11.5. The number of nitrogens with zero attached hydrogens (tertiary/aromatic N) is 3. The molecule has 190 valence electrons. The van der Waals surface area contributed by atoms with Crippen LogP contribution in [-0.4, -0.2) is 57.9 Å². The summed E-state index contributed by atoms with van der Waals surface area (Å²) in [4.78, 5) is 72.3. The van der Waals surface area contributed by atoms with Gasteiger partial charge in [0.05, 0.1) is 18.4 Å². The van der Waals surface area contributed by atoms with Crippen molar-refractivity contribution in [3.8, 4) is 0 Å². The first-order valence-corrected chi connectivity index (χ1v) is 10.7. The molecule has 0 saturated heterocycles. The van der Waals surface area contributed by atoms with E-state index in [0.29, 0.717) is 11.4 Å². The van der Waals surface area contributed by atoms with Gasteiger partial charge in [0.1, 0.15) is 6.04 Å². The predicted molar refractivity (Wildman–Crippen MR) is 127 cm³/mol. The Morgan fingerprint density at radius 2 is 1.81 bits per heavy atom. The zero-order valence-corrected chi connectivity index (χ0v) is 19.5. The lowest BCUT2D eigenvalue weighted by molar-refractivity contribution is -0.153. The second-order valence-electron chi connectivity index (χ2n) is 7.28. The van der Waals surface area contributed by atoms with Crippen molar-refractivity contribution in [2.75, 3.05) is 25.1 Å². The molecule has 1 amide bonds. The van der Waals surface area contributed by atoms with E-state index in [-0.39, 0.29) is 42.1 Å². The maximum Gasteiger partial charge on any atom is 0.347 e. The SMILES string of the molecule is CNOC(=O)CC[C@H](NC(=O)c1ccc(NCc2cnc3[nH]c(N)nc(=O)c3n2)cc1)C(=O)ONC. The number of H-pyrrole nitrogens is 1. The topological polar surface area (TPSA) is 215 Å². The van der Waals surface area contributed by atoms with Crippen LogP contribution in [0.5, 0.6) is 0 Å². The molecule has 0 aliphatic carbocycles. The second kappa shape index (κ2) is 12.2. The number of nitrogens with two attached hydrogens (primary N) is 1. The minimum atomic E-state index is -1.08. The van der Waals surface area contributed by atoms with E-state index in [2.05, 4.69) is 46.4 Å². The van der Waals surface area contributed by atoms with Crippen molar-refractivity contribution in [2.24, 2.45) is 0 Å². The van der Waals surface area contributed by atoms with Crippen LogP contribution in [0.4, 0.5) is 11.6 Å². The maximum absolute atomic E-state index is 12.7. The van der Waals surface area contributed by atoms with Crippen LogP contribution in [-0.2, 0) is 25.8 Å². The van der Waals surface area contributed by atoms with E-state index in [4.69, 9.17) is 10.6 Å². The van der Waals surface area contributed by atoms with Gasteiger partial charge in [0.2, 0.25) is 5.95 Å². The summed E-state index contributed by atoms with van der Waals surface area (Å²) >= 11 is 0. The van der Waals surface area contributed by atoms with Crippen molar-refractivity contribution in [1.29, 1.82) is 0 Å². The molecule has 2 aromatic heterocycles. The lowest BCUT2D eigenvalue weighted by Crippen LogP contribution is -2.43. The van der Waals surface area contributed by atoms with E-state index in [1.165, 1.54) is 20.3 Å². The quantitative estimate of drug-likeness (QED) is 0.177. The van der Waals surface area contributed by atoms with Gasteiger partial charge in [0.25, 0.3) is 5.91 Å². The number of aromatic nitrogens is 4. The molecule has 2 heterocycles. The Balaban J connectivity index is 1.61. The number of amides is 1. The molecule has 0 unspecified atom stereocenters. The third-order valence-electron chi connectivity index (χ3n) is 4.76. The van der Waals surface area contributed by atoms with E-state index in [0.717, 1.165) is 0 Å². The van der Waals surface area contributed by atoms with Crippen LogP contribution in [0.25, 0.3) is 11.2 Å². The summed E-state index contributed by atoms with van der Waals surface area (Å²) in [6, 6.07) is 5.34. The van der Waals surface area contributed by atoms with Crippen molar-refractivity contribution in [3.63, 3.8) is 0 Å². The van der Waals surface area contributed by atoms with Gasteiger partial charge in [0.15, 0.2) is 11.2 Å². The number of carbonyl (C=O) groups excluding carboxylic acids is 3. The standard InChI is InChI=1S/C21H25N9O6/c1-23-35-15(31)8-7-14(20(34)36-24-2)28-18(32)11-3-5-12(6-4-11)25-9-13-10-26-17-16(27-13)19(33)30-21(22)29-17/h3-6,10,14,23-25H,7-9H2,1-2H3,(H,28,32)(H3,22,26,29,30,33)/t14-/m0/s1. The fourth-order valence-corrected chi connectivity index (χ4v) is 3.08. The zero-order chi connectivity index (χ0) is 26.1. The molecule has 3 rings (SSSR count). The highest BCUT2D eigenvalue weighted by atomic mass is 16.7. The lowest BCUT2D eigenvalue weighted by atomic mass is 10.1. The first-order chi connectivity index (χ1) is 17.3. The third kappa shape index (κ3) is 6.94. The first-order valence-electron chi connectivity index (χ1n) is 10.7. The number of aromatic amines is 1. The van der Waals surface area contributed by atoms with Crippen molar-refractivity contribution < 1.29 is 24.1 Å². The average Bonchev–Trinajstić information content (AvgIpc) is 2.85. The van der Waals surface area contributed by atoms with E-state index in [1.54, 1.807) is 24.3 Å². The van der Waals surface area contributed by atoms with Crippen molar-refractivity contribution in [3.05, 3.63) is 52.1 Å². The molecule has 1 atom stereocenters. The number of nitrogen functional groups attached to an aromatic ring is 1. The van der Waals surface area contributed by atoms with Gasteiger partial charge in [-0.3, -0.25) is 14.4 Å². The Morgan fingerprint density at radius 1 is 1.08 bits per heavy atom. The number of rotatable bonds is 11. The zero-order valence-electron chi connectivity index (χ0n) is 19.5. The molecule has 36 heavy (non-hydrogen) atoms. The monoisotopic (exact) mass is 499 g/mol. The molecular weight excluding hydrogens is 474 g/mol. The Labute approximate surface area is 204 Å². The molecule has 15 heteroatoms. The van der Waals surface area contributed by atoms with Crippen LogP contribution in [0.3, 0.4) is 0 Å². The molecule has 0 aliphatic rings. The van der Waals surface area contributed by atoms with Crippen molar-refractivity contribution in [2.45, 2.75) is 25.4 Å². The number of benzene rings is 1. The highest BCUT2D eigenvalue weighted by molar-refractivity contribution is 5.97. The third-order valence-corrected chi connectivity index (χ3v) is 4.76. The molecule has 0 aliphatic heterocycles. The fourth-order valence-electron chi connectivity index (χ4n) is 3.08. The van der Waals surface area contributed by atoms with Gasteiger partial charge < -0.3 is 31.0 Å². The Morgan fingerprint density at radius 3 is 2.50 bits per heavy atom. The molecule has 0 fully saturated rings. The molecule has 0 bridgehead atoms. The molecule has 7 N–H and O–H groups in total. The number of nitrogens with one attached hydrogen (secondary N) is 5. The summed E-state index contributed by atoms with van der Waals surface area (Å²) in [5.74, 6) is -1.92. The van der Waals surface area contributed by atoms with Gasteiger partial charge in [-0.15, -0.1) is 0 Å². The maximum atomic E-state index is 12.7. The van der Waals surface area contributed by atoms with Crippen LogP contribution in [0.15, 0.2) is 35.3 Å². The molecule has 3 aromatic rings. The predicted octanol–water partition coefficient (Wildman–Crippen LogP) is -0.859. The van der Waals surface area contributed by atoms with Crippen LogP contribution < -0.4 is 32.9 Å². The molecular formula is C21H25N9O6. The number of hydrogen-bond donors (Lipinski definition) is 6. The summed E-state index contributed by atoms with van der Waals surface area (Å²) in [6.45, 7) is 0.249. The number of hydroxylamine groups is 2. The molecule has 15 nitrogen and oxygen atoms in total. The summed E-state index contributed by atoms with van der Waals surface area (Å²) in [5, 5.41) is 5.66. The van der Waals surface area contributed by atoms with Crippen molar-refractivity contribution >= 4 is 40.6 Å². The molecule has 0 spiro atoms. The lowest BCUT2D eigenvalue weighted by Gasteiger charge is -2.17. The summed E-state index contributed by atoms with van der Waals surface area (Å²) in [7, 11) is 2.82. The Hall–Kier alpha value is -4.63. The average molecular weight is 499 g/mol. The molecule has 0 radical (unpaired) electrons. The largest absolute Gasteiger partial charge is 0.379 e. The number of anilines is 2. The summed E-state index contributed by atoms with van der Waals surface area (Å²) in [5.41, 5.74) is 11.2. The fraction of sp³-hybridized carbons (Fsp3) is 0.286. The van der Waals surface area contributed by atoms with E-state index < -0.39 is 29.4 Å². The van der Waals surface area contributed by atoms with Crippen LogP contribution >= 0.6 is 0 Å². The van der Waals surface area contributed by atoms with Crippen molar-refractivity contribution in [1.82, 2.24) is 36.2 Å². The highest BCUT2D eigenvalue weighted by Crippen LogP contribution is 2.12. The number of fused-ring (bicyclic) bond motifs is 1. The molecule has 1 aromatic carbocycles. The summed E-state index contributed by atoms with van der Waals surface area (Å²) < 4.78 is 0. The van der Waals surface area contributed by atoms with Crippen LogP contribution in [0.1, 0.15) is 28.9 Å². The minimum Gasteiger partial charge on any atom is -0.379 e. The smallest absolute Gasteiger partial charge is 0.347 e. The number of hydrogen-bond acceptors (Lipinski definition) is 13. The van der Waals surface area contributed by atoms with E-state index in [1.807, 2.05) is 0 Å². The minimum absolute atomic E-state index is 0.0237. The van der Waals surface area contributed by atoms with Gasteiger partial charge in [-0.1, -0.05) is 0 Å². The van der Waals surface area contributed by atoms with Crippen LogP contribution in [0.2, 0.25) is 0 Å². The van der Waals surface area contributed by atoms with Gasteiger partial charge in [-0.2, -0.15) is 15.9 Å². The van der Waals surface area contributed by atoms with Gasteiger partial charge in [0, 0.05) is 31.8 Å².